The Bertz CT molecular complexity index is 1230. The number of benzene rings is 3. The van der Waals surface area contributed by atoms with Gasteiger partial charge in [0.1, 0.15) is 5.82 Å². The van der Waals surface area contributed by atoms with Crippen molar-refractivity contribution in [2.24, 2.45) is 5.92 Å². The number of esters is 2. The van der Waals surface area contributed by atoms with E-state index in [1.165, 1.54) is 24.3 Å². The van der Waals surface area contributed by atoms with Gasteiger partial charge in [0.15, 0.2) is 11.5 Å². The van der Waals surface area contributed by atoms with Crippen molar-refractivity contribution < 1.29 is 32.9 Å². The van der Waals surface area contributed by atoms with Gasteiger partial charge in [-0.2, -0.15) is 0 Å². The highest BCUT2D eigenvalue weighted by atomic mass is 35.5. The van der Waals surface area contributed by atoms with E-state index in [1.807, 2.05) is 0 Å². The Morgan fingerprint density at radius 1 is 0.743 bits per heavy atom. The molecule has 0 spiro atoms. The number of hydrogen-bond donors (Lipinski definition) is 0. The maximum Gasteiger partial charge on any atom is 0.343 e. The van der Waals surface area contributed by atoms with Crippen molar-refractivity contribution in [1.82, 2.24) is 0 Å². The van der Waals surface area contributed by atoms with Gasteiger partial charge in [-0.3, -0.25) is 4.79 Å². The van der Waals surface area contributed by atoms with Crippen molar-refractivity contribution >= 4 is 34.3 Å². The van der Waals surface area contributed by atoms with Gasteiger partial charge in [-0.25, -0.2) is 9.18 Å². The third-order valence-electron chi connectivity index (χ3n) is 4.75. The minimum absolute atomic E-state index is 0.0692. The molecule has 0 radical (unpaired) electrons. The van der Waals surface area contributed by atoms with Crippen LogP contribution in [-0.4, -0.2) is 24.1 Å². The van der Waals surface area contributed by atoms with Crippen LogP contribution >= 0.6 is 11.6 Å². The lowest BCUT2D eigenvalue weighted by molar-refractivity contribution is -0.137. The molecule has 0 saturated heterocycles. The third kappa shape index (κ3) is 6.22. The van der Waals surface area contributed by atoms with Crippen LogP contribution in [0.2, 0.25) is 5.02 Å². The summed E-state index contributed by atoms with van der Waals surface area (Å²) in [4.78, 5) is 25.6. The first-order chi connectivity index (χ1) is 16.5. The van der Waals surface area contributed by atoms with Crippen molar-refractivity contribution in [2.45, 2.75) is 53.8 Å². The lowest BCUT2D eigenvalue weighted by atomic mass is 10.1. The van der Waals surface area contributed by atoms with Crippen molar-refractivity contribution in [3.63, 3.8) is 0 Å². The van der Waals surface area contributed by atoms with Gasteiger partial charge in [0.2, 0.25) is 11.5 Å². The van der Waals surface area contributed by atoms with Gasteiger partial charge in [0.25, 0.3) is 0 Å². The molecule has 0 aromatic heterocycles. The predicted molar refractivity (Wildman–Crippen MR) is 132 cm³/mol. The van der Waals surface area contributed by atoms with Crippen LogP contribution in [0.3, 0.4) is 0 Å². The standard InChI is InChI=1S/C27H28ClFO6/c1-14(2)26(30)34-23-21-13-18(28)9-12-20(21)22(24(32-15(3)4)25(23)33-16(5)6)35-27(31)17-7-10-19(29)11-8-17/h7-16H,1-6H3. The molecule has 0 aliphatic rings. The second-order valence-electron chi connectivity index (χ2n) is 8.81. The molecule has 0 fully saturated rings. The molecule has 3 aromatic rings. The second kappa shape index (κ2) is 11.0. The summed E-state index contributed by atoms with van der Waals surface area (Å²) in [6.07, 6.45) is -0.676. The number of carbonyl (C=O) groups is 2. The molecule has 0 aliphatic heterocycles. The van der Waals surface area contributed by atoms with Crippen molar-refractivity contribution in [3.8, 4) is 23.0 Å². The smallest absolute Gasteiger partial charge is 0.343 e. The van der Waals surface area contributed by atoms with Crippen LogP contribution in [-0.2, 0) is 4.79 Å². The van der Waals surface area contributed by atoms with Gasteiger partial charge in [-0.05, 0) is 70.2 Å². The summed E-state index contributed by atoms with van der Waals surface area (Å²) in [5.41, 5.74) is 0.144. The van der Waals surface area contributed by atoms with Crippen LogP contribution in [0.25, 0.3) is 10.8 Å². The second-order valence-corrected chi connectivity index (χ2v) is 9.25. The summed E-state index contributed by atoms with van der Waals surface area (Å²) in [5.74, 6) is -1.70. The summed E-state index contributed by atoms with van der Waals surface area (Å²) in [6, 6.07) is 9.85. The van der Waals surface area contributed by atoms with Gasteiger partial charge in [-0.1, -0.05) is 25.4 Å². The Kier molecular flexibility index (Phi) is 8.22. The Labute approximate surface area is 208 Å². The molecule has 0 amide bonds. The van der Waals surface area contributed by atoms with Crippen LogP contribution in [0, 0.1) is 11.7 Å². The van der Waals surface area contributed by atoms with E-state index in [0.717, 1.165) is 0 Å². The fourth-order valence-corrected chi connectivity index (χ4v) is 3.37. The summed E-state index contributed by atoms with van der Waals surface area (Å²) in [5, 5.41) is 1.20. The van der Waals surface area contributed by atoms with Crippen LogP contribution in [0.5, 0.6) is 23.0 Å². The average Bonchev–Trinajstić information content (AvgIpc) is 2.77. The van der Waals surface area contributed by atoms with E-state index in [4.69, 9.17) is 30.5 Å². The molecule has 0 atom stereocenters. The van der Waals surface area contributed by atoms with E-state index < -0.39 is 23.7 Å². The van der Waals surface area contributed by atoms with Crippen molar-refractivity contribution in [1.29, 1.82) is 0 Å². The van der Waals surface area contributed by atoms with E-state index >= 15 is 0 Å². The average molecular weight is 503 g/mol. The largest absolute Gasteiger partial charge is 0.484 e. The topological polar surface area (TPSA) is 71.1 Å². The molecule has 8 heteroatoms. The van der Waals surface area contributed by atoms with Crippen molar-refractivity contribution in [2.75, 3.05) is 0 Å². The number of ether oxygens (including phenoxy) is 4. The number of fused-ring (bicyclic) bond motifs is 1. The van der Waals surface area contributed by atoms with E-state index in [-0.39, 0.29) is 40.8 Å². The first-order valence-electron chi connectivity index (χ1n) is 11.3. The zero-order valence-electron chi connectivity index (χ0n) is 20.5. The molecular weight excluding hydrogens is 475 g/mol. The Morgan fingerprint density at radius 3 is 1.80 bits per heavy atom. The van der Waals surface area contributed by atoms with Crippen LogP contribution in [0.4, 0.5) is 4.39 Å². The van der Waals surface area contributed by atoms with E-state index in [2.05, 4.69) is 0 Å². The number of halogens is 2. The number of carbonyl (C=O) groups excluding carboxylic acids is 2. The first-order valence-corrected chi connectivity index (χ1v) is 11.7. The molecule has 0 aliphatic carbocycles. The summed E-state index contributed by atoms with van der Waals surface area (Å²) in [7, 11) is 0. The Balaban J connectivity index is 2.32. The maximum atomic E-state index is 13.4. The summed E-state index contributed by atoms with van der Waals surface area (Å²) >= 11 is 6.28. The van der Waals surface area contributed by atoms with E-state index in [1.54, 1.807) is 59.7 Å². The normalized spacial score (nSPS) is 11.3. The molecule has 3 aromatic carbocycles. The van der Waals surface area contributed by atoms with Gasteiger partial charge < -0.3 is 18.9 Å². The fraction of sp³-hybridized carbons (Fsp3) is 0.333. The van der Waals surface area contributed by atoms with Crippen molar-refractivity contribution in [3.05, 3.63) is 58.9 Å². The molecule has 35 heavy (non-hydrogen) atoms. The minimum atomic E-state index is -0.725. The van der Waals surface area contributed by atoms with Crippen LogP contribution in [0.1, 0.15) is 51.9 Å². The highest BCUT2D eigenvalue weighted by Gasteiger charge is 2.30. The predicted octanol–water partition coefficient (Wildman–Crippen LogP) is 6.99. The van der Waals surface area contributed by atoms with E-state index in [0.29, 0.717) is 15.8 Å². The first kappa shape index (κ1) is 26.3. The highest BCUT2D eigenvalue weighted by Crippen LogP contribution is 2.53. The monoisotopic (exact) mass is 502 g/mol. The SMILES string of the molecule is CC(C)Oc1c(OC(C)C)c(OC(=O)C(C)C)c2cc(Cl)ccc2c1OC(=O)c1ccc(F)cc1. The van der Waals surface area contributed by atoms with Gasteiger partial charge in [-0.15, -0.1) is 0 Å². The lowest BCUT2D eigenvalue weighted by Crippen LogP contribution is -2.19. The molecule has 0 unspecified atom stereocenters. The molecule has 0 heterocycles. The van der Waals surface area contributed by atoms with Gasteiger partial charge >= 0.3 is 11.9 Å². The number of rotatable bonds is 8. The lowest BCUT2D eigenvalue weighted by Gasteiger charge is -2.24. The molecule has 0 bridgehead atoms. The molecular formula is C27H28ClFO6. The summed E-state index contributed by atoms with van der Waals surface area (Å²) < 4.78 is 37.1. The molecule has 6 nitrogen and oxygen atoms in total. The molecule has 3 rings (SSSR count). The molecule has 0 N–H and O–H groups in total. The molecule has 186 valence electrons. The quantitative estimate of drug-likeness (QED) is 0.244. The zero-order valence-corrected chi connectivity index (χ0v) is 21.2. The summed E-state index contributed by atoms with van der Waals surface area (Å²) in [6.45, 7) is 10.6. The Morgan fingerprint density at radius 2 is 1.29 bits per heavy atom. The maximum absolute atomic E-state index is 13.4. The molecule has 0 saturated carbocycles. The van der Waals surface area contributed by atoms with Gasteiger partial charge in [0.05, 0.1) is 23.7 Å². The van der Waals surface area contributed by atoms with E-state index in [9.17, 15) is 14.0 Å². The van der Waals surface area contributed by atoms with Crippen LogP contribution < -0.4 is 18.9 Å². The third-order valence-corrected chi connectivity index (χ3v) is 4.98. The van der Waals surface area contributed by atoms with Crippen LogP contribution in [0.15, 0.2) is 42.5 Å². The Hall–Kier alpha value is -3.32. The zero-order chi connectivity index (χ0) is 25.9. The highest BCUT2D eigenvalue weighted by molar-refractivity contribution is 6.31. The number of hydrogen-bond acceptors (Lipinski definition) is 6. The van der Waals surface area contributed by atoms with Gasteiger partial charge in [0, 0.05) is 15.8 Å². The fourth-order valence-electron chi connectivity index (χ4n) is 3.20. The minimum Gasteiger partial charge on any atom is -0.484 e.